The number of Topliss-reactive ketones (excluding diaryl/α,β-unsaturated/α-hetero) is 1. The Labute approximate surface area is 181 Å². The average Bonchev–Trinajstić information content (AvgIpc) is 3.21. The van der Waals surface area contributed by atoms with Crippen molar-refractivity contribution in [3.8, 4) is 0 Å². The van der Waals surface area contributed by atoms with Crippen LogP contribution >= 0.6 is 11.6 Å². The minimum Gasteiger partial charge on any atom is -0.297 e. The summed E-state index contributed by atoms with van der Waals surface area (Å²) in [5.41, 5.74) is 0.184. The van der Waals surface area contributed by atoms with Crippen LogP contribution in [-0.2, 0) is 11.3 Å². The molecule has 0 spiro atoms. The zero-order valence-corrected chi connectivity index (χ0v) is 19.1. The molecule has 1 aromatic heterocycles. The van der Waals surface area contributed by atoms with E-state index in [2.05, 4.69) is 25.9 Å². The van der Waals surface area contributed by atoms with Crippen molar-refractivity contribution in [1.29, 1.82) is 0 Å². The Bertz CT molecular complexity index is 775. The number of hydrogen-bond acceptors (Lipinski definition) is 2. The van der Waals surface area contributed by atoms with E-state index in [0.717, 1.165) is 41.9 Å². The molecule has 9 atom stereocenters. The van der Waals surface area contributed by atoms with Crippen molar-refractivity contribution >= 4 is 17.4 Å². The van der Waals surface area contributed by atoms with E-state index in [1.54, 1.807) is 17.1 Å². The van der Waals surface area contributed by atoms with Crippen LogP contribution in [0.3, 0.4) is 0 Å². The van der Waals surface area contributed by atoms with Gasteiger partial charge in [0.15, 0.2) is 5.78 Å². The Hall–Kier alpha value is -0.830. The molecule has 160 valence electrons. The number of aromatic nitrogens is 2. The number of nitrogens with zero attached hydrogens (tertiary/aromatic N) is 2. The lowest BCUT2D eigenvalue weighted by atomic mass is 9.48. The van der Waals surface area contributed by atoms with Crippen LogP contribution in [-0.4, -0.2) is 15.6 Å². The second kappa shape index (κ2) is 7.39. The third-order valence-electron chi connectivity index (χ3n) is 9.84. The van der Waals surface area contributed by atoms with Gasteiger partial charge in [-0.1, -0.05) is 38.8 Å². The largest absolute Gasteiger partial charge is 0.297 e. The van der Waals surface area contributed by atoms with E-state index in [1.807, 2.05) is 0 Å². The summed E-state index contributed by atoms with van der Waals surface area (Å²) in [5, 5.41) is 4.87. The van der Waals surface area contributed by atoms with E-state index >= 15 is 0 Å². The Kier molecular flexibility index (Phi) is 5.12. The van der Waals surface area contributed by atoms with Crippen molar-refractivity contribution in [2.45, 2.75) is 78.7 Å². The number of carbonyl (C=O) groups excluding carboxylic acids is 1. The lowest BCUT2D eigenvalue weighted by molar-refractivity contribution is -0.131. The molecule has 4 saturated carbocycles. The molecule has 4 aliphatic rings. The predicted molar refractivity (Wildman–Crippen MR) is 117 cm³/mol. The minimum atomic E-state index is 0.184. The quantitative estimate of drug-likeness (QED) is 0.583. The monoisotopic (exact) mass is 416 g/mol. The van der Waals surface area contributed by atoms with Crippen molar-refractivity contribution in [3.63, 3.8) is 0 Å². The fraction of sp³-hybridized carbons (Fsp3) is 0.840. The smallest absolute Gasteiger partial charge is 0.157 e. The van der Waals surface area contributed by atoms with Crippen LogP contribution in [0.2, 0.25) is 5.02 Å². The van der Waals surface area contributed by atoms with Gasteiger partial charge < -0.3 is 0 Å². The van der Waals surface area contributed by atoms with Gasteiger partial charge >= 0.3 is 0 Å². The number of ketones is 1. The van der Waals surface area contributed by atoms with E-state index in [9.17, 15) is 4.79 Å². The van der Waals surface area contributed by atoms with Crippen LogP contribution in [0.4, 0.5) is 0 Å². The summed E-state index contributed by atoms with van der Waals surface area (Å²) in [5.74, 6) is 6.65. The van der Waals surface area contributed by atoms with Crippen LogP contribution in [0.15, 0.2) is 12.4 Å². The summed E-state index contributed by atoms with van der Waals surface area (Å²) in [7, 11) is 0. The van der Waals surface area contributed by atoms with Gasteiger partial charge in [0.1, 0.15) is 0 Å². The Morgan fingerprint density at radius 3 is 2.69 bits per heavy atom. The molecular weight excluding hydrogens is 380 g/mol. The fourth-order valence-corrected chi connectivity index (χ4v) is 8.98. The number of fused-ring (bicyclic) bond motifs is 5. The van der Waals surface area contributed by atoms with Crippen LogP contribution in [0.1, 0.15) is 72.1 Å². The normalized spacial score (nSPS) is 46.6. The Morgan fingerprint density at radius 2 is 1.93 bits per heavy atom. The van der Waals surface area contributed by atoms with Crippen molar-refractivity contribution in [2.75, 3.05) is 0 Å². The van der Waals surface area contributed by atoms with Gasteiger partial charge in [0.05, 0.1) is 17.8 Å². The molecular formula is C25H37ClN2O. The highest BCUT2D eigenvalue weighted by atomic mass is 35.5. The third kappa shape index (κ3) is 3.30. The van der Waals surface area contributed by atoms with E-state index in [-0.39, 0.29) is 11.3 Å². The number of halogens is 1. The molecule has 29 heavy (non-hydrogen) atoms. The van der Waals surface area contributed by atoms with E-state index in [1.165, 1.54) is 44.9 Å². The van der Waals surface area contributed by atoms with Crippen molar-refractivity contribution in [3.05, 3.63) is 17.4 Å². The molecule has 0 N–H and O–H groups in total. The fourth-order valence-electron chi connectivity index (χ4n) is 8.82. The van der Waals surface area contributed by atoms with Crippen molar-refractivity contribution < 1.29 is 4.79 Å². The first kappa shape index (κ1) is 20.1. The molecule has 0 radical (unpaired) electrons. The molecule has 0 saturated heterocycles. The second-order valence-corrected chi connectivity index (χ2v) is 11.8. The highest BCUT2D eigenvalue weighted by molar-refractivity contribution is 6.30. The zero-order chi connectivity index (χ0) is 20.3. The molecule has 3 nitrogen and oxygen atoms in total. The van der Waals surface area contributed by atoms with Crippen molar-refractivity contribution in [1.82, 2.24) is 9.78 Å². The molecule has 4 heteroatoms. The number of hydrogen-bond donors (Lipinski definition) is 0. The molecule has 2 unspecified atom stereocenters. The van der Waals surface area contributed by atoms with Gasteiger partial charge in [-0.15, -0.1) is 0 Å². The standard InChI is InChI=1S/C25H37ClN2O/c1-15-4-6-19-17(10-15)5-7-21-20(19)8-9-25(3)22(11-16(2)24(21)25)23(29)14-28-13-18(26)12-27-28/h12-13,15-17,19-22,24H,4-11,14H2,1-3H3/t15-,16+,17+,19-,20?,21+,22+,24?,25+/m0/s1. The van der Waals surface area contributed by atoms with Gasteiger partial charge in [0, 0.05) is 12.1 Å². The first-order valence-corrected chi connectivity index (χ1v) is 12.4. The van der Waals surface area contributed by atoms with Gasteiger partial charge in [0.25, 0.3) is 0 Å². The highest BCUT2D eigenvalue weighted by Crippen LogP contribution is 2.66. The first-order valence-electron chi connectivity index (χ1n) is 12.1. The summed E-state index contributed by atoms with van der Waals surface area (Å²) < 4.78 is 1.73. The second-order valence-electron chi connectivity index (χ2n) is 11.4. The maximum absolute atomic E-state index is 13.3. The van der Waals surface area contributed by atoms with Crippen molar-refractivity contribution in [2.24, 2.45) is 52.8 Å². The van der Waals surface area contributed by atoms with E-state index in [0.29, 0.717) is 23.3 Å². The topological polar surface area (TPSA) is 34.9 Å². The molecule has 1 aromatic rings. The third-order valence-corrected chi connectivity index (χ3v) is 10.0. The predicted octanol–water partition coefficient (Wildman–Crippen LogP) is 6.26. The molecule has 0 amide bonds. The molecule has 0 aliphatic heterocycles. The van der Waals surface area contributed by atoms with E-state index < -0.39 is 0 Å². The molecule has 0 aromatic carbocycles. The Morgan fingerprint density at radius 1 is 1.14 bits per heavy atom. The molecule has 1 heterocycles. The Balaban J connectivity index is 1.36. The lowest BCUT2D eigenvalue weighted by Crippen LogP contribution is -2.50. The van der Waals surface area contributed by atoms with Crippen LogP contribution < -0.4 is 0 Å². The molecule has 4 fully saturated rings. The zero-order valence-electron chi connectivity index (χ0n) is 18.3. The van der Waals surface area contributed by atoms with Crippen LogP contribution in [0.5, 0.6) is 0 Å². The highest BCUT2D eigenvalue weighted by Gasteiger charge is 2.60. The molecule has 5 rings (SSSR count). The van der Waals surface area contributed by atoms with Gasteiger partial charge in [-0.25, -0.2) is 0 Å². The molecule has 0 bridgehead atoms. The number of carbonyl (C=O) groups is 1. The summed E-state index contributed by atoms with van der Waals surface area (Å²) in [6.07, 6.45) is 14.3. The van der Waals surface area contributed by atoms with Gasteiger partial charge in [0.2, 0.25) is 0 Å². The summed E-state index contributed by atoms with van der Waals surface area (Å²) in [6, 6.07) is 0. The van der Waals surface area contributed by atoms with Crippen LogP contribution in [0, 0.1) is 52.8 Å². The van der Waals surface area contributed by atoms with Gasteiger partial charge in [-0.2, -0.15) is 5.10 Å². The van der Waals surface area contributed by atoms with Gasteiger partial charge in [-0.05, 0) is 91.8 Å². The first-order chi connectivity index (χ1) is 13.9. The van der Waals surface area contributed by atoms with E-state index in [4.69, 9.17) is 11.6 Å². The number of rotatable bonds is 3. The minimum absolute atomic E-state index is 0.184. The summed E-state index contributed by atoms with van der Waals surface area (Å²) >= 11 is 6.01. The van der Waals surface area contributed by atoms with Crippen LogP contribution in [0.25, 0.3) is 0 Å². The maximum Gasteiger partial charge on any atom is 0.157 e. The SMILES string of the molecule is C[C@H]1CC[C@@H]2C3CC[C@@]4(C)C([C@@H]3CC[C@@H]2C1)[C@H](C)C[C@@H]4C(=O)Cn1cc(Cl)cn1. The molecule has 4 aliphatic carbocycles. The lowest BCUT2D eigenvalue weighted by Gasteiger charge is -2.56. The maximum atomic E-state index is 13.3. The summed E-state index contributed by atoms with van der Waals surface area (Å²) in [6.45, 7) is 7.74. The van der Waals surface area contributed by atoms with Gasteiger partial charge in [-0.3, -0.25) is 9.48 Å². The average molecular weight is 417 g/mol. The summed E-state index contributed by atoms with van der Waals surface area (Å²) in [4.78, 5) is 13.3.